The zero-order valence-corrected chi connectivity index (χ0v) is 19.6. The maximum atomic E-state index is 12.9. The van der Waals surface area contributed by atoms with Gasteiger partial charge in [-0.3, -0.25) is 9.78 Å². The number of thioether (sulfide) groups is 1. The lowest BCUT2D eigenvalue weighted by Gasteiger charge is -2.47. The molecular weight excluding hydrogens is 485 g/mol. The zero-order valence-electron chi connectivity index (χ0n) is 18.7. The highest BCUT2D eigenvalue weighted by atomic mass is 32.2. The third-order valence-corrected chi connectivity index (χ3v) is 7.47. The second kappa shape index (κ2) is 9.90. The van der Waals surface area contributed by atoms with Gasteiger partial charge in [0.25, 0.3) is 5.91 Å². The number of nitrogens with zero attached hydrogens (tertiary/aromatic N) is 2. The Bertz CT molecular complexity index is 1210. The smallest absolute Gasteiger partial charge is 0.475 e. The number of hydrogen-bond acceptors (Lipinski definition) is 6. The van der Waals surface area contributed by atoms with E-state index < -0.39 is 12.1 Å². The Kier molecular flexibility index (Phi) is 7.09. The lowest BCUT2D eigenvalue weighted by Crippen LogP contribution is -2.60. The first-order valence-electron chi connectivity index (χ1n) is 10.8. The van der Waals surface area contributed by atoms with Crippen LogP contribution in [0.2, 0.25) is 0 Å². The number of amides is 1. The lowest BCUT2D eigenvalue weighted by atomic mass is 9.92. The molecule has 2 aromatic heterocycles. The number of para-hydroxylation sites is 1. The SMILES string of the molecule is Cc1c(C(=O)N2CC3(CC(OCc4ccccn4)CS3)C2)oc2ccccc12.O=C(O)C(F)(F)F. The molecule has 35 heavy (non-hydrogen) atoms. The van der Waals surface area contributed by atoms with E-state index in [-0.39, 0.29) is 16.8 Å². The average Bonchev–Trinajstić information content (AvgIpc) is 3.39. The second-order valence-corrected chi connectivity index (χ2v) is 9.96. The molecule has 7 nitrogen and oxygen atoms in total. The molecule has 3 aromatic rings. The Morgan fingerprint density at radius 1 is 1.23 bits per heavy atom. The molecule has 5 rings (SSSR count). The van der Waals surface area contributed by atoms with Gasteiger partial charge in [0, 0.05) is 36.0 Å². The number of ether oxygens (including phenoxy) is 1. The first-order valence-corrected chi connectivity index (χ1v) is 11.8. The number of rotatable bonds is 4. The van der Waals surface area contributed by atoms with E-state index in [9.17, 15) is 18.0 Å². The molecule has 1 atom stereocenters. The standard InChI is InChI=1S/C22H22N2O3S.C2HF3O2/c1-15-18-7-2-3-8-19(18)27-20(15)21(25)24-13-22(14-24)10-17(12-28-22)26-11-16-6-4-5-9-23-16;3-2(4,5)1(6)7/h2-9,17H,10-14H2,1H3;(H,6,7). The van der Waals surface area contributed by atoms with Gasteiger partial charge in [-0.25, -0.2) is 4.79 Å². The summed E-state index contributed by atoms with van der Waals surface area (Å²) in [4.78, 5) is 28.0. The highest BCUT2D eigenvalue weighted by Crippen LogP contribution is 2.46. The average molecular weight is 509 g/mol. The van der Waals surface area contributed by atoms with Crippen molar-refractivity contribution in [2.75, 3.05) is 18.8 Å². The van der Waals surface area contributed by atoms with E-state index in [2.05, 4.69) is 4.98 Å². The van der Waals surface area contributed by atoms with Crippen molar-refractivity contribution in [2.24, 2.45) is 0 Å². The van der Waals surface area contributed by atoms with Gasteiger partial charge in [0.05, 0.1) is 23.2 Å². The van der Waals surface area contributed by atoms with Gasteiger partial charge >= 0.3 is 12.1 Å². The first kappa shape index (κ1) is 25.1. The number of carboxylic acid groups (broad SMARTS) is 1. The summed E-state index contributed by atoms with van der Waals surface area (Å²) in [5, 5.41) is 8.14. The largest absolute Gasteiger partial charge is 0.490 e. The Hall–Kier alpha value is -3.05. The summed E-state index contributed by atoms with van der Waals surface area (Å²) in [5.74, 6) is -1.31. The Morgan fingerprint density at radius 3 is 2.54 bits per heavy atom. The van der Waals surface area contributed by atoms with Crippen molar-refractivity contribution >= 4 is 34.6 Å². The number of hydrogen-bond donors (Lipinski definition) is 1. The fourth-order valence-electron chi connectivity index (χ4n) is 4.13. The predicted molar refractivity (Wildman–Crippen MR) is 123 cm³/mol. The van der Waals surface area contributed by atoms with Crippen LogP contribution >= 0.6 is 11.8 Å². The number of aromatic nitrogens is 1. The summed E-state index contributed by atoms with van der Waals surface area (Å²) in [6, 6.07) is 13.7. The Morgan fingerprint density at radius 2 is 1.91 bits per heavy atom. The molecule has 2 aliphatic heterocycles. The molecule has 0 saturated carbocycles. The zero-order chi connectivity index (χ0) is 25.2. The number of carboxylic acids is 1. The second-order valence-electron chi connectivity index (χ2n) is 8.47. The molecule has 4 heterocycles. The number of benzene rings is 1. The van der Waals surface area contributed by atoms with Gasteiger partial charge in [-0.15, -0.1) is 11.8 Å². The fourth-order valence-corrected chi connectivity index (χ4v) is 5.68. The molecule has 2 fully saturated rings. The van der Waals surface area contributed by atoms with Crippen molar-refractivity contribution in [3.63, 3.8) is 0 Å². The summed E-state index contributed by atoms with van der Waals surface area (Å²) in [7, 11) is 0. The number of likely N-dealkylation sites (tertiary alicyclic amines) is 1. The summed E-state index contributed by atoms with van der Waals surface area (Å²) in [6.45, 7) is 4.02. The van der Waals surface area contributed by atoms with Crippen molar-refractivity contribution in [3.05, 3.63) is 65.7 Å². The Labute approximate surface area is 203 Å². The minimum atomic E-state index is -5.08. The third kappa shape index (κ3) is 5.62. The van der Waals surface area contributed by atoms with Crippen LogP contribution in [0.1, 0.15) is 28.2 Å². The molecule has 0 radical (unpaired) electrons. The number of furan rings is 1. The van der Waals surface area contributed by atoms with Gasteiger partial charge in [0.1, 0.15) is 5.58 Å². The number of alkyl halides is 3. The number of fused-ring (bicyclic) bond motifs is 1. The summed E-state index contributed by atoms with van der Waals surface area (Å²) >= 11 is 1.93. The summed E-state index contributed by atoms with van der Waals surface area (Å²) in [5.41, 5.74) is 2.66. The molecule has 186 valence electrons. The number of aryl methyl sites for hydroxylation is 1. The lowest BCUT2D eigenvalue weighted by molar-refractivity contribution is -0.192. The molecule has 1 spiro atoms. The molecule has 1 N–H and O–H groups in total. The monoisotopic (exact) mass is 508 g/mol. The number of pyridine rings is 1. The minimum absolute atomic E-state index is 0.00206. The van der Waals surface area contributed by atoms with E-state index in [0.717, 1.165) is 47.5 Å². The minimum Gasteiger partial charge on any atom is -0.475 e. The van der Waals surface area contributed by atoms with E-state index in [1.165, 1.54) is 0 Å². The van der Waals surface area contributed by atoms with E-state index in [0.29, 0.717) is 12.4 Å². The summed E-state index contributed by atoms with van der Waals surface area (Å²) < 4.78 is 43.8. The van der Waals surface area contributed by atoms with E-state index in [1.807, 2.05) is 66.1 Å². The van der Waals surface area contributed by atoms with Crippen LogP contribution in [0.25, 0.3) is 11.0 Å². The van der Waals surface area contributed by atoms with Gasteiger partial charge in [-0.05, 0) is 31.5 Å². The topological polar surface area (TPSA) is 92.9 Å². The van der Waals surface area contributed by atoms with Crippen molar-refractivity contribution in [1.82, 2.24) is 9.88 Å². The van der Waals surface area contributed by atoms with Crippen LogP contribution in [-0.2, 0) is 16.1 Å². The molecule has 1 unspecified atom stereocenters. The molecule has 11 heteroatoms. The third-order valence-electron chi connectivity index (χ3n) is 5.89. The molecule has 1 aromatic carbocycles. The quantitative estimate of drug-likeness (QED) is 0.547. The predicted octanol–water partition coefficient (Wildman–Crippen LogP) is 4.69. The fraction of sp³-hybridized carbons (Fsp3) is 0.375. The summed E-state index contributed by atoms with van der Waals surface area (Å²) in [6.07, 6.45) is -2.09. The number of aliphatic carboxylic acids is 1. The molecule has 1 amide bonds. The molecule has 0 aliphatic carbocycles. The van der Waals surface area contributed by atoms with Crippen molar-refractivity contribution in [1.29, 1.82) is 0 Å². The highest BCUT2D eigenvalue weighted by Gasteiger charge is 2.51. The van der Waals surface area contributed by atoms with Crippen LogP contribution in [0.15, 0.2) is 53.1 Å². The normalized spacial score (nSPS) is 18.7. The van der Waals surface area contributed by atoms with E-state index in [1.54, 1.807) is 6.20 Å². The molecule has 0 bridgehead atoms. The maximum Gasteiger partial charge on any atom is 0.490 e. The van der Waals surface area contributed by atoms with Crippen LogP contribution in [0.5, 0.6) is 0 Å². The van der Waals surface area contributed by atoms with Crippen LogP contribution in [0.3, 0.4) is 0 Å². The number of halogens is 3. The number of carbonyl (C=O) groups is 2. The molecular formula is C24H23F3N2O5S. The van der Waals surface area contributed by atoms with Crippen LogP contribution in [-0.4, -0.2) is 62.7 Å². The van der Waals surface area contributed by atoms with E-state index in [4.69, 9.17) is 19.1 Å². The van der Waals surface area contributed by atoms with Crippen LogP contribution < -0.4 is 0 Å². The van der Waals surface area contributed by atoms with Crippen molar-refractivity contribution in [3.8, 4) is 0 Å². The van der Waals surface area contributed by atoms with Crippen molar-refractivity contribution < 1.29 is 37.0 Å². The van der Waals surface area contributed by atoms with Gasteiger partial charge in [0.2, 0.25) is 0 Å². The maximum absolute atomic E-state index is 12.9. The van der Waals surface area contributed by atoms with E-state index >= 15 is 0 Å². The van der Waals surface area contributed by atoms with Crippen molar-refractivity contribution in [2.45, 2.75) is 37.0 Å². The molecule has 2 saturated heterocycles. The number of carbonyl (C=O) groups excluding carboxylic acids is 1. The highest BCUT2D eigenvalue weighted by molar-refractivity contribution is 8.01. The van der Waals surface area contributed by atoms with Crippen LogP contribution in [0.4, 0.5) is 13.2 Å². The van der Waals surface area contributed by atoms with Gasteiger partial charge in [-0.2, -0.15) is 13.2 Å². The molecule has 2 aliphatic rings. The van der Waals surface area contributed by atoms with Gasteiger partial charge in [-0.1, -0.05) is 24.3 Å². The van der Waals surface area contributed by atoms with Gasteiger partial charge in [0.15, 0.2) is 5.76 Å². The van der Waals surface area contributed by atoms with Crippen LogP contribution in [0, 0.1) is 6.92 Å². The van der Waals surface area contributed by atoms with Gasteiger partial charge < -0.3 is 19.2 Å². The first-order chi connectivity index (χ1) is 16.6. The Balaban J connectivity index is 0.000000364.